The van der Waals surface area contributed by atoms with Crippen LogP contribution in [0.15, 0.2) is 73.2 Å². The number of benzene rings is 3. The van der Waals surface area contributed by atoms with Crippen molar-refractivity contribution < 1.29 is 14.2 Å². The Bertz CT molecular complexity index is 1600. The number of methoxy groups -OCH3 is 1. The van der Waals surface area contributed by atoms with E-state index in [0.717, 1.165) is 82.9 Å². The summed E-state index contributed by atoms with van der Waals surface area (Å²) in [4.78, 5) is 11.7. The normalized spacial score (nSPS) is 14.2. The van der Waals surface area contributed by atoms with Crippen LogP contribution in [0.1, 0.15) is 12.0 Å². The molecule has 0 amide bonds. The lowest BCUT2D eigenvalue weighted by molar-refractivity contribution is 0.0357. The molecule has 0 unspecified atom stereocenters. The van der Waals surface area contributed by atoms with Crippen LogP contribution in [0.5, 0.6) is 11.5 Å². The molecule has 0 radical (unpaired) electrons. The number of nitrogens with zero attached hydrogens (tertiary/aromatic N) is 4. The fraction of sp³-hybridized carbons (Fsp3) is 0.290. The van der Waals surface area contributed by atoms with Gasteiger partial charge in [0, 0.05) is 65.3 Å². The van der Waals surface area contributed by atoms with Crippen molar-refractivity contribution >= 4 is 33.4 Å². The zero-order valence-corrected chi connectivity index (χ0v) is 22.7. The maximum absolute atomic E-state index is 6.50. The average molecular weight is 543 g/mol. The highest BCUT2D eigenvalue weighted by molar-refractivity contribution is 6.31. The summed E-state index contributed by atoms with van der Waals surface area (Å²) in [7, 11) is 1.66. The second kappa shape index (κ2) is 11.6. The molecular weight excluding hydrogens is 512 g/mol. The first kappa shape index (κ1) is 25.6. The average Bonchev–Trinajstić information content (AvgIpc) is 3.34. The Hall–Kier alpha value is -3.65. The summed E-state index contributed by atoms with van der Waals surface area (Å²) < 4.78 is 19.6. The van der Waals surface area contributed by atoms with E-state index in [0.29, 0.717) is 24.7 Å². The summed E-state index contributed by atoms with van der Waals surface area (Å²) in [5.41, 5.74) is 4.88. The van der Waals surface area contributed by atoms with E-state index in [1.807, 2.05) is 30.3 Å². The van der Waals surface area contributed by atoms with Crippen LogP contribution in [0, 0.1) is 0 Å². The molecule has 0 atom stereocenters. The zero-order chi connectivity index (χ0) is 26.6. The highest BCUT2D eigenvalue weighted by Crippen LogP contribution is 2.38. The standard InChI is InChI=1S/C31H31ClN4O3/c1-37-29-18-27-24(17-30(29)39-14-6-11-35-12-15-38-16-13-35)31(34-21-33-27)25-20-36(28-10-5-3-8-23(25)28)19-22-7-2-4-9-26(22)32/h2-5,7-10,17-18,20-21H,6,11-16,19H2,1H3. The smallest absolute Gasteiger partial charge is 0.162 e. The summed E-state index contributed by atoms with van der Waals surface area (Å²) >= 11 is 6.50. The number of aromatic nitrogens is 3. The number of fused-ring (bicyclic) bond motifs is 2. The molecule has 5 aromatic rings. The SMILES string of the molecule is COc1cc2ncnc(-c3cn(Cc4ccccc4Cl)c4ccccc34)c2cc1OCCCN1CCOCC1. The van der Waals surface area contributed by atoms with E-state index in [2.05, 4.69) is 51.0 Å². The van der Waals surface area contributed by atoms with Crippen molar-refractivity contribution in [1.29, 1.82) is 0 Å². The Morgan fingerprint density at radius 2 is 1.77 bits per heavy atom. The fourth-order valence-corrected chi connectivity index (χ4v) is 5.42. The minimum absolute atomic E-state index is 0.597. The van der Waals surface area contributed by atoms with Gasteiger partial charge in [0.25, 0.3) is 0 Å². The number of morpholine rings is 1. The topological polar surface area (TPSA) is 61.6 Å². The molecule has 7 nitrogen and oxygen atoms in total. The molecule has 1 fully saturated rings. The molecule has 8 heteroatoms. The van der Waals surface area contributed by atoms with Gasteiger partial charge in [-0.25, -0.2) is 9.97 Å². The number of halogens is 1. The lowest BCUT2D eigenvalue weighted by Crippen LogP contribution is -2.37. The Morgan fingerprint density at radius 3 is 2.62 bits per heavy atom. The van der Waals surface area contributed by atoms with Gasteiger partial charge in [0.15, 0.2) is 11.5 Å². The quantitative estimate of drug-likeness (QED) is 0.211. The first-order chi connectivity index (χ1) is 19.2. The number of para-hydroxylation sites is 1. The second-order valence-electron chi connectivity index (χ2n) is 9.68. The summed E-state index contributed by atoms with van der Waals surface area (Å²) in [5.74, 6) is 1.36. The van der Waals surface area contributed by atoms with Crippen LogP contribution in [-0.2, 0) is 11.3 Å². The highest BCUT2D eigenvalue weighted by Gasteiger charge is 2.18. The third-order valence-corrected chi connectivity index (χ3v) is 7.61. The van der Waals surface area contributed by atoms with Crippen molar-refractivity contribution in [2.24, 2.45) is 0 Å². The number of rotatable bonds is 9. The Kier molecular flexibility index (Phi) is 7.63. The van der Waals surface area contributed by atoms with Gasteiger partial charge in [0.1, 0.15) is 6.33 Å². The predicted octanol–water partition coefficient (Wildman–Crippen LogP) is 6.06. The van der Waals surface area contributed by atoms with Crippen molar-refractivity contribution in [3.63, 3.8) is 0 Å². The van der Waals surface area contributed by atoms with Crippen LogP contribution in [-0.4, -0.2) is 66.0 Å². The maximum atomic E-state index is 6.50. The second-order valence-corrected chi connectivity index (χ2v) is 10.1. The van der Waals surface area contributed by atoms with E-state index in [4.69, 9.17) is 30.8 Å². The largest absolute Gasteiger partial charge is 0.493 e. The number of ether oxygens (including phenoxy) is 3. The Labute approximate surface area is 232 Å². The lowest BCUT2D eigenvalue weighted by Gasteiger charge is -2.26. The first-order valence-corrected chi connectivity index (χ1v) is 13.7. The molecule has 1 aliphatic heterocycles. The molecule has 1 aliphatic rings. The molecule has 3 aromatic carbocycles. The van der Waals surface area contributed by atoms with Gasteiger partial charge in [-0.3, -0.25) is 4.90 Å². The zero-order valence-electron chi connectivity index (χ0n) is 22.0. The van der Waals surface area contributed by atoms with Gasteiger partial charge in [-0.05, 0) is 30.2 Å². The van der Waals surface area contributed by atoms with Gasteiger partial charge >= 0.3 is 0 Å². The van der Waals surface area contributed by atoms with Gasteiger partial charge in [-0.2, -0.15) is 0 Å². The molecule has 0 spiro atoms. The Balaban J connectivity index is 1.34. The van der Waals surface area contributed by atoms with Crippen molar-refractivity contribution in [3.05, 3.63) is 83.8 Å². The minimum atomic E-state index is 0.597. The molecule has 0 aliphatic carbocycles. The van der Waals surface area contributed by atoms with Gasteiger partial charge in [-0.15, -0.1) is 0 Å². The fourth-order valence-electron chi connectivity index (χ4n) is 5.22. The molecule has 0 N–H and O–H groups in total. The molecule has 200 valence electrons. The molecule has 2 aromatic heterocycles. The minimum Gasteiger partial charge on any atom is -0.493 e. The van der Waals surface area contributed by atoms with E-state index in [9.17, 15) is 0 Å². The van der Waals surface area contributed by atoms with Crippen molar-refractivity contribution in [2.45, 2.75) is 13.0 Å². The van der Waals surface area contributed by atoms with Gasteiger partial charge in [-0.1, -0.05) is 48.0 Å². The van der Waals surface area contributed by atoms with Crippen LogP contribution in [0.4, 0.5) is 0 Å². The first-order valence-electron chi connectivity index (χ1n) is 13.3. The van der Waals surface area contributed by atoms with Crippen LogP contribution < -0.4 is 9.47 Å². The van der Waals surface area contributed by atoms with Crippen LogP contribution >= 0.6 is 11.6 Å². The van der Waals surface area contributed by atoms with E-state index in [-0.39, 0.29) is 0 Å². The van der Waals surface area contributed by atoms with Crippen molar-refractivity contribution in [2.75, 3.05) is 46.6 Å². The third kappa shape index (κ3) is 5.43. The summed E-state index contributed by atoms with van der Waals surface area (Å²) in [6.45, 7) is 5.80. The summed E-state index contributed by atoms with van der Waals surface area (Å²) in [5, 5.41) is 2.79. The lowest BCUT2D eigenvalue weighted by atomic mass is 10.1. The molecular formula is C31H31ClN4O3. The van der Waals surface area contributed by atoms with E-state index >= 15 is 0 Å². The molecule has 3 heterocycles. The van der Waals surface area contributed by atoms with Crippen LogP contribution in [0.3, 0.4) is 0 Å². The van der Waals surface area contributed by atoms with Crippen molar-refractivity contribution in [1.82, 2.24) is 19.4 Å². The molecule has 6 rings (SSSR count). The predicted molar refractivity (Wildman–Crippen MR) is 155 cm³/mol. The molecule has 39 heavy (non-hydrogen) atoms. The van der Waals surface area contributed by atoms with E-state index in [1.165, 1.54) is 0 Å². The molecule has 1 saturated heterocycles. The van der Waals surface area contributed by atoms with Gasteiger partial charge < -0.3 is 18.8 Å². The van der Waals surface area contributed by atoms with E-state index in [1.54, 1.807) is 13.4 Å². The van der Waals surface area contributed by atoms with Gasteiger partial charge in [0.05, 0.1) is 38.1 Å². The molecule has 0 bridgehead atoms. The summed E-state index contributed by atoms with van der Waals surface area (Å²) in [6.07, 6.45) is 4.69. The van der Waals surface area contributed by atoms with Crippen molar-refractivity contribution in [3.8, 4) is 22.8 Å². The summed E-state index contributed by atoms with van der Waals surface area (Å²) in [6, 6.07) is 20.3. The van der Waals surface area contributed by atoms with E-state index < -0.39 is 0 Å². The number of hydrogen-bond donors (Lipinski definition) is 0. The number of hydrogen-bond acceptors (Lipinski definition) is 6. The van der Waals surface area contributed by atoms with Gasteiger partial charge in [0.2, 0.25) is 0 Å². The maximum Gasteiger partial charge on any atom is 0.162 e. The van der Waals surface area contributed by atoms with Crippen LogP contribution in [0.2, 0.25) is 5.02 Å². The highest BCUT2D eigenvalue weighted by atomic mass is 35.5. The monoisotopic (exact) mass is 542 g/mol. The third-order valence-electron chi connectivity index (χ3n) is 7.24. The van der Waals surface area contributed by atoms with Crippen LogP contribution in [0.25, 0.3) is 33.1 Å². The molecule has 0 saturated carbocycles. The Morgan fingerprint density at radius 1 is 0.949 bits per heavy atom.